The van der Waals surface area contributed by atoms with Crippen molar-refractivity contribution in [1.82, 2.24) is 14.8 Å². The van der Waals surface area contributed by atoms with Crippen molar-refractivity contribution >= 4 is 39.3 Å². The van der Waals surface area contributed by atoms with Gasteiger partial charge in [0.1, 0.15) is 28.4 Å². The van der Waals surface area contributed by atoms with Crippen LogP contribution in [0.3, 0.4) is 0 Å². The molecule has 0 saturated carbocycles. The van der Waals surface area contributed by atoms with Gasteiger partial charge in [0.2, 0.25) is 0 Å². The molecule has 4 heterocycles. The van der Waals surface area contributed by atoms with E-state index in [2.05, 4.69) is 26.7 Å². The molecule has 2 N–H and O–H groups in total. The van der Waals surface area contributed by atoms with Gasteiger partial charge >= 0.3 is 6.61 Å². The molecule has 214 valence electrons. The summed E-state index contributed by atoms with van der Waals surface area (Å²) in [6.07, 6.45) is 6.41. The molecule has 3 aliphatic rings. The minimum absolute atomic E-state index is 0.0879. The number of ether oxygens (including phenoxy) is 1. The summed E-state index contributed by atoms with van der Waals surface area (Å²) in [5.41, 5.74) is 0.995. The molecule has 40 heavy (non-hydrogen) atoms. The molecule has 2 saturated heterocycles. The van der Waals surface area contributed by atoms with Crippen LogP contribution < -0.4 is 15.0 Å². The first-order chi connectivity index (χ1) is 19.2. The number of thiazole rings is 1. The highest BCUT2D eigenvalue weighted by atomic mass is 35.5. The van der Waals surface area contributed by atoms with Crippen LogP contribution in [-0.4, -0.2) is 84.4 Å². The Kier molecular flexibility index (Phi) is 8.69. The second-order valence-electron chi connectivity index (χ2n) is 9.72. The fraction of sp³-hybridized carbons (Fsp3) is 0.407. The third-order valence-corrected chi connectivity index (χ3v) is 8.39. The molecule has 0 aliphatic carbocycles. The second-order valence-corrected chi connectivity index (χ2v) is 11.1. The largest absolute Gasteiger partial charge is 0.434 e. The van der Waals surface area contributed by atoms with Gasteiger partial charge in [-0.15, -0.1) is 0 Å². The van der Waals surface area contributed by atoms with Gasteiger partial charge in [-0.25, -0.2) is 14.4 Å². The van der Waals surface area contributed by atoms with Crippen molar-refractivity contribution < 1.29 is 23.0 Å². The smallest absolute Gasteiger partial charge is 0.387 e. The average molecular weight is 595 g/mol. The number of halogens is 4. The maximum absolute atomic E-state index is 13.4. The van der Waals surface area contributed by atoms with Gasteiger partial charge in [-0.1, -0.05) is 35.6 Å². The molecular formula is C27H30ClF3N6O2S. The highest BCUT2D eigenvalue weighted by molar-refractivity contribution is 7.20. The van der Waals surface area contributed by atoms with Crippen molar-refractivity contribution in [3.63, 3.8) is 0 Å². The lowest BCUT2D eigenvalue weighted by atomic mass is 9.99. The number of piperidine rings is 1. The first kappa shape index (κ1) is 28.5. The molecule has 1 atom stereocenters. The molecule has 0 amide bonds. The molecular weight excluding hydrogens is 565 g/mol. The van der Waals surface area contributed by atoms with Gasteiger partial charge in [-0.2, -0.15) is 8.78 Å². The third kappa shape index (κ3) is 6.14. The third-order valence-electron chi connectivity index (χ3n) is 7.11. The normalized spacial score (nSPS) is 20.6. The fourth-order valence-corrected chi connectivity index (χ4v) is 6.26. The number of aliphatic hydroxyl groups excluding tert-OH is 1. The summed E-state index contributed by atoms with van der Waals surface area (Å²) in [4.78, 5) is 15.2. The van der Waals surface area contributed by atoms with E-state index in [9.17, 15) is 18.3 Å². The number of aromatic nitrogens is 1. The number of likely N-dealkylation sites (tertiary alicyclic amines) is 1. The van der Waals surface area contributed by atoms with Crippen LogP contribution in [0.4, 0.5) is 23.3 Å². The summed E-state index contributed by atoms with van der Waals surface area (Å²) < 4.78 is 44.7. The fourth-order valence-electron chi connectivity index (χ4n) is 5.03. The number of aliphatic imine (C=N–C) groups is 1. The van der Waals surface area contributed by atoms with Crippen LogP contribution in [0.5, 0.6) is 5.75 Å². The zero-order chi connectivity index (χ0) is 28.4. The van der Waals surface area contributed by atoms with E-state index in [4.69, 9.17) is 21.3 Å². The molecule has 3 aliphatic heterocycles. The van der Waals surface area contributed by atoms with Gasteiger partial charge in [0.05, 0.1) is 0 Å². The van der Waals surface area contributed by atoms with Crippen LogP contribution in [-0.2, 0) is 0 Å². The van der Waals surface area contributed by atoms with Crippen LogP contribution >= 0.6 is 22.9 Å². The monoisotopic (exact) mass is 594 g/mol. The highest BCUT2D eigenvalue weighted by Crippen LogP contribution is 2.44. The van der Waals surface area contributed by atoms with Crippen LogP contribution in [0.2, 0.25) is 5.02 Å². The van der Waals surface area contributed by atoms with Crippen molar-refractivity contribution in [2.24, 2.45) is 4.99 Å². The molecule has 1 aromatic heterocycles. The van der Waals surface area contributed by atoms with E-state index in [0.29, 0.717) is 64.5 Å². The number of benzene rings is 1. The Balaban J connectivity index is 1.47. The number of nitrogens with zero attached hydrogens (tertiary/aromatic N) is 5. The van der Waals surface area contributed by atoms with Crippen molar-refractivity contribution in [2.45, 2.75) is 37.9 Å². The summed E-state index contributed by atoms with van der Waals surface area (Å²) in [7, 11) is 1.80. The molecule has 0 spiro atoms. The number of allylic oxidation sites excluding steroid dienone is 1. The zero-order valence-corrected chi connectivity index (χ0v) is 23.4. The zero-order valence-electron chi connectivity index (χ0n) is 21.8. The van der Waals surface area contributed by atoms with E-state index in [1.54, 1.807) is 30.4 Å². The lowest BCUT2D eigenvalue weighted by Gasteiger charge is -2.44. The van der Waals surface area contributed by atoms with E-state index < -0.39 is 19.0 Å². The summed E-state index contributed by atoms with van der Waals surface area (Å²) in [5, 5.41) is 15.7. The van der Waals surface area contributed by atoms with Gasteiger partial charge in [0.15, 0.2) is 11.4 Å². The summed E-state index contributed by atoms with van der Waals surface area (Å²) in [5.74, 6) is 0.409. The number of rotatable bonds is 9. The Hall–Kier alpha value is -3.06. The summed E-state index contributed by atoms with van der Waals surface area (Å²) in [6.45, 7) is 3.16. The summed E-state index contributed by atoms with van der Waals surface area (Å²) in [6, 6.07) is 4.67. The maximum Gasteiger partial charge on any atom is 0.387 e. The number of anilines is 2. The Bertz CT molecular complexity index is 1320. The lowest BCUT2D eigenvalue weighted by molar-refractivity contribution is -0.0494. The minimum Gasteiger partial charge on any atom is -0.434 e. The van der Waals surface area contributed by atoms with Gasteiger partial charge in [-0.05, 0) is 37.1 Å². The van der Waals surface area contributed by atoms with Crippen LogP contribution in [0.15, 0.2) is 59.5 Å². The van der Waals surface area contributed by atoms with E-state index >= 15 is 0 Å². The molecule has 1 aromatic carbocycles. The standard InChI is InChI=1S/C27H30ClF3N6O2S/c1-3-19(23-32-9-4-10-35(23)2)24(38)34-25-22(20-13-16(28)5-6-21(20)39-26(30)31)33-27(40-25)36-11-7-18(8-12-36)37-14-17(29)15-37/h3-6,9-10,13,17-18,24,26,34,38H,1,7-8,11-12,14-15H2,2H3/b23-19+. The average Bonchev–Trinajstić information content (AvgIpc) is 3.32. The Labute approximate surface area is 239 Å². The van der Waals surface area contributed by atoms with Crippen LogP contribution in [0, 0.1) is 0 Å². The Morgan fingerprint density at radius 3 is 2.70 bits per heavy atom. The van der Waals surface area contributed by atoms with Crippen molar-refractivity contribution in [2.75, 3.05) is 43.4 Å². The number of aliphatic hydroxyl groups is 1. The van der Waals surface area contributed by atoms with Gasteiger partial charge < -0.3 is 25.0 Å². The number of hydrogen-bond acceptors (Lipinski definition) is 9. The highest BCUT2D eigenvalue weighted by Gasteiger charge is 2.35. The molecule has 13 heteroatoms. The van der Waals surface area contributed by atoms with Gasteiger partial charge in [0, 0.05) is 67.8 Å². The first-order valence-electron chi connectivity index (χ1n) is 12.9. The predicted molar refractivity (Wildman–Crippen MR) is 153 cm³/mol. The molecule has 2 aromatic rings. The van der Waals surface area contributed by atoms with Crippen LogP contribution in [0.1, 0.15) is 12.8 Å². The summed E-state index contributed by atoms with van der Waals surface area (Å²) >= 11 is 7.54. The molecule has 0 bridgehead atoms. The van der Waals surface area contributed by atoms with Crippen molar-refractivity contribution in [3.8, 4) is 17.0 Å². The molecule has 5 rings (SSSR count). The van der Waals surface area contributed by atoms with E-state index in [1.807, 2.05) is 0 Å². The Morgan fingerprint density at radius 1 is 1.30 bits per heavy atom. The van der Waals surface area contributed by atoms with E-state index in [1.165, 1.54) is 35.6 Å². The quantitative estimate of drug-likeness (QED) is 0.379. The van der Waals surface area contributed by atoms with Gasteiger partial charge in [-0.3, -0.25) is 4.90 Å². The molecule has 2 fully saturated rings. The molecule has 1 unspecified atom stereocenters. The topological polar surface area (TPSA) is 76.5 Å². The number of nitrogens with one attached hydrogen (secondary N) is 1. The van der Waals surface area contributed by atoms with Crippen LogP contribution in [0.25, 0.3) is 11.3 Å². The minimum atomic E-state index is -3.05. The van der Waals surface area contributed by atoms with Gasteiger partial charge in [0.25, 0.3) is 0 Å². The first-order valence-corrected chi connectivity index (χ1v) is 14.1. The maximum atomic E-state index is 13.4. The number of alkyl halides is 3. The van der Waals surface area contributed by atoms with Crippen molar-refractivity contribution in [3.05, 3.63) is 59.5 Å². The second kappa shape index (κ2) is 12.2. The molecule has 0 radical (unpaired) electrons. The van der Waals surface area contributed by atoms with E-state index in [0.717, 1.165) is 12.8 Å². The Morgan fingerprint density at radius 2 is 2.05 bits per heavy atom. The van der Waals surface area contributed by atoms with Crippen molar-refractivity contribution in [1.29, 1.82) is 0 Å². The van der Waals surface area contributed by atoms with E-state index in [-0.39, 0.29) is 11.3 Å². The SMILES string of the molecule is C=C/C(=C1/N=CC=CN1C)C(O)Nc1sc(N2CCC(N3CC(F)C3)CC2)nc1-c1cc(Cl)ccc1OC(F)F. The lowest BCUT2D eigenvalue weighted by Crippen LogP contribution is -2.56. The predicted octanol–water partition coefficient (Wildman–Crippen LogP) is 5.35. The number of hydrogen-bond donors (Lipinski definition) is 2. The molecule has 8 nitrogen and oxygen atoms in total.